The van der Waals surface area contributed by atoms with Crippen LogP contribution in [0.4, 0.5) is 0 Å². The van der Waals surface area contributed by atoms with Gasteiger partial charge in [-0.05, 0) is 34.3 Å². The fourth-order valence-corrected chi connectivity index (χ4v) is 2.39. The van der Waals surface area contributed by atoms with Gasteiger partial charge in [-0.25, -0.2) is 0 Å². The molecule has 2 aromatic rings. The van der Waals surface area contributed by atoms with Gasteiger partial charge in [0, 0.05) is 12.4 Å². The second-order valence-electron chi connectivity index (χ2n) is 6.45. The molecule has 6 nitrogen and oxygen atoms in total. The van der Waals surface area contributed by atoms with Crippen LogP contribution in [0, 0.1) is 12.3 Å². The summed E-state index contributed by atoms with van der Waals surface area (Å²) in [6, 6.07) is 1.87. The van der Waals surface area contributed by atoms with Gasteiger partial charge in [0.2, 0.25) is 5.91 Å². The van der Waals surface area contributed by atoms with E-state index in [0.717, 1.165) is 10.2 Å². The molecule has 0 fully saturated rings. The molecule has 0 saturated heterocycles. The van der Waals surface area contributed by atoms with Gasteiger partial charge in [-0.15, -0.1) is 0 Å². The lowest BCUT2D eigenvalue weighted by Gasteiger charge is -2.31. The Morgan fingerprint density at radius 1 is 1.41 bits per heavy atom. The average Bonchev–Trinajstić information content (AvgIpc) is 3.02. The number of amides is 1. The summed E-state index contributed by atoms with van der Waals surface area (Å²) in [7, 11) is 0. The Morgan fingerprint density at radius 2 is 2.14 bits per heavy atom. The summed E-state index contributed by atoms with van der Waals surface area (Å²) in [5.41, 5.74) is 0.871. The normalized spacial score (nSPS) is 13.1. The maximum absolute atomic E-state index is 12.3. The Bertz CT molecular complexity index is 627. The van der Waals surface area contributed by atoms with Crippen molar-refractivity contribution < 1.29 is 4.79 Å². The molecule has 0 saturated carbocycles. The highest BCUT2D eigenvalue weighted by molar-refractivity contribution is 9.10. The third kappa shape index (κ3) is 4.19. The molecule has 0 radical (unpaired) electrons. The van der Waals surface area contributed by atoms with E-state index < -0.39 is 0 Å². The molecule has 1 unspecified atom stereocenters. The molecular weight excluding hydrogens is 346 g/mol. The Morgan fingerprint density at radius 3 is 2.64 bits per heavy atom. The smallest absolute Gasteiger partial charge is 0.242 e. The molecule has 1 N–H and O–H groups in total. The molecule has 22 heavy (non-hydrogen) atoms. The quantitative estimate of drug-likeness (QED) is 0.881. The first-order valence-corrected chi connectivity index (χ1v) is 8.01. The Hall–Kier alpha value is -1.63. The second-order valence-corrected chi connectivity index (χ2v) is 7.30. The number of halogens is 1. The summed E-state index contributed by atoms with van der Waals surface area (Å²) in [6.07, 6.45) is 5.35. The standard InChI is InChI=1S/C15H22BrN5O/c1-11-12(16)8-18-21(11)10-14(22)19-13(15(2,3)4)9-20-7-5-6-17-20/h5-8,13H,9-10H2,1-4H3,(H,19,22). The van der Waals surface area contributed by atoms with E-state index in [1.165, 1.54) is 0 Å². The van der Waals surface area contributed by atoms with E-state index in [4.69, 9.17) is 0 Å². The highest BCUT2D eigenvalue weighted by Crippen LogP contribution is 2.21. The molecule has 7 heteroatoms. The molecule has 1 amide bonds. The summed E-state index contributed by atoms with van der Waals surface area (Å²) < 4.78 is 4.43. The van der Waals surface area contributed by atoms with Crippen molar-refractivity contribution in [2.75, 3.05) is 0 Å². The predicted octanol–water partition coefficient (Wildman–Crippen LogP) is 2.38. The van der Waals surface area contributed by atoms with Crippen LogP contribution in [-0.4, -0.2) is 31.5 Å². The SMILES string of the molecule is Cc1c(Br)cnn1CC(=O)NC(Cn1cccn1)C(C)(C)C. The number of hydrogen-bond acceptors (Lipinski definition) is 3. The van der Waals surface area contributed by atoms with Gasteiger partial charge in [-0.3, -0.25) is 14.2 Å². The van der Waals surface area contributed by atoms with E-state index in [0.29, 0.717) is 6.54 Å². The van der Waals surface area contributed by atoms with Gasteiger partial charge in [0.05, 0.1) is 29.0 Å². The van der Waals surface area contributed by atoms with Crippen LogP contribution in [0.25, 0.3) is 0 Å². The van der Waals surface area contributed by atoms with Crippen LogP contribution in [0.3, 0.4) is 0 Å². The molecule has 0 aromatic carbocycles. The number of carbonyl (C=O) groups is 1. The minimum Gasteiger partial charge on any atom is -0.349 e. The Labute approximate surface area is 139 Å². The molecule has 0 aliphatic heterocycles. The lowest BCUT2D eigenvalue weighted by atomic mass is 9.86. The minimum atomic E-state index is -0.0681. The summed E-state index contributed by atoms with van der Waals surface area (Å²) >= 11 is 3.40. The highest BCUT2D eigenvalue weighted by atomic mass is 79.9. The molecule has 0 spiro atoms. The van der Waals surface area contributed by atoms with Gasteiger partial charge in [0.15, 0.2) is 0 Å². The van der Waals surface area contributed by atoms with Crippen molar-refractivity contribution in [1.29, 1.82) is 0 Å². The van der Waals surface area contributed by atoms with Crippen molar-refractivity contribution in [1.82, 2.24) is 24.9 Å². The van der Waals surface area contributed by atoms with Crippen molar-refractivity contribution in [2.45, 2.75) is 46.8 Å². The van der Waals surface area contributed by atoms with Crippen molar-refractivity contribution >= 4 is 21.8 Å². The summed E-state index contributed by atoms with van der Waals surface area (Å²) in [4.78, 5) is 12.3. The Balaban J connectivity index is 2.03. The molecule has 2 heterocycles. The highest BCUT2D eigenvalue weighted by Gasteiger charge is 2.27. The van der Waals surface area contributed by atoms with Gasteiger partial charge in [0.25, 0.3) is 0 Å². The van der Waals surface area contributed by atoms with Crippen LogP contribution in [0.15, 0.2) is 29.1 Å². The largest absolute Gasteiger partial charge is 0.349 e. The predicted molar refractivity (Wildman–Crippen MR) is 88.3 cm³/mol. The maximum Gasteiger partial charge on any atom is 0.242 e. The van der Waals surface area contributed by atoms with Gasteiger partial charge >= 0.3 is 0 Å². The first-order valence-electron chi connectivity index (χ1n) is 7.22. The minimum absolute atomic E-state index is 0.0146. The van der Waals surface area contributed by atoms with Crippen molar-refractivity contribution in [3.05, 3.63) is 34.8 Å². The van der Waals surface area contributed by atoms with Crippen LogP contribution < -0.4 is 5.32 Å². The van der Waals surface area contributed by atoms with E-state index in [9.17, 15) is 4.79 Å². The zero-order valence-corrected chi connectivity index (χ0v) is 15.0. The maximum atomic E-state index is 12.3. The van der Waals surface area contributed by atoms with Gasteiger partial charge < -0.3 is 5.32 Å². The zero-order valence-electron chi connectivity index (χ0n) is 13.4. The van der Waals surface area contributed by atoms with E-state index in [-0.39, 0.29) is 23.9 Å². The van der Waals surface area contributed by atoms with Crippen LogP contribution in [0.2, 0.25) is 0 Å². The first kappa shape index (κ1) is 16.7. The van der Waals surface area contributed by atoms with Crippen LogP contribution >= 0.6 is 15.9 Å². The molecule has 2 rings (SSSR count). The number of aromatic nitrogens is 4. The van der Waals surface area contributed by atoms with E-state index >= 15 is 0 Å². The van der Waals surface area contributed by atoms with Crippen LogP contribution in [0.5, 0.6) is 0 Å². The lowest BCUT2D eigenvalue weighted by molar-refractivity contribution is -0.123. The van der Waals surface area contributed by atoms with Crippen molar-refractivity contribution in [2.24, 2.45) is 5.41 Å². The second kappa shape index (κ2) is 6.64. The summed E-state index contributed by atoms with van der Waals surface area (Å²) in [5, 5.41) is 11.5. The van der Waals surface area contributed by atoms with Gasteiger partial charge in [-0.1, -0.05) is 20.8 Å². The fourth-order valence-electron chi connectivity index (χ4n) is 2.09. The molecule has 0 bridgehead atoms. The van der Waals surface area contributed by atoms with Crippen molar-refractivity contribution in [3.63, 3.8) is 0 Å². The Kier molecular flexibility index (Phi) is 5.05. The number of hydrogen-bond donors (Lipinski definition) is 1. The van der Waals surface area contributed by atoms with E-state index in [1.807, 2.05) is 23.9 Å². The van der Waals surface area contributed by atoms with Gasteiger partial charge in [-0.2, -0.15) is 10.2 Å². The molecule has 120 valence electrons. The first-order chi connectivity index (χ1) is 10.3. The average molecular weight is 368 g/mol. The number of nitrogens with zero attached hydrogens (tertiary/aromatic N) is 4. The topological polar surface area (TPSA) is 64.7 Å². The monoisotopic (exact) mass is 367 g/mol. The molecule has 2 aromatic heterocycles. The lowest BCUT2D eigenvalue weighted by Crippen LogP contribution is -2.47. The molecular formula is C15H22BrN5O. The summed E-state index contributed by atoms with van der Waals surface area (Å²) in [5.74, 6) is -0.0502. The van der Waals surface area contributed by atoms with Crippen LogP contribution in [0.1, 0.15) is 26.5 Å². The number of rotatable bonds is 5. The third-order valence-corrected chi connectivity index (χ3v) is 4.42. The zero-order chi connectivity index (χ0) is 16.3. The number of carbonyl (C=O) groups excluding carboxylic acids is 1. The van der Waals surface area contributed by atoms with E-state index in [2.05, 4.69) is 52.2 Å². The third-order valence-electron chi connectivity index (χ3n) is 3.65. The van der Waals surface area contributed by atoms with E-state index in [1.54, 1.807) is 17.1 Å². The summed E-state index contributed by atoms with van der Waals surface area (Å²) in [6.45, 7) is 9.11. The molecule has 0 aliphatic carbocycles. The van der Waals surface area contributed by atoms with Gasteiger partial charge in [0.1, 0.15) is 6.54 Å². The molecule has 1 atom stereocenters. The molecule has 0 aliphatic rings. The van der Waals surface area contributed by atoms with Crippen LogP contribution in [-0.2, 0) is 17.9 Å². The number of nitrogens with one attached hydrogen (secondary N) is 1. The van der Waals surface area contributed by atoms with Crippen molar-refractivity contribution in [3.8, 4) is 0 Å². The fraction of sp³-hybridized carbons (Fsp3) is 0.533.